The van der Waals surface area contributed by atoms with E-state index in [9.17, 15) is 13.2 Å². The lowest BCUT2D eigenvalue weighted by Crippen LogP contribution is -2.11. The highest BCUT2D eigenvalue weighted by Crippen LogP contribution is 2.32. The minimum atomic E-state index is -0.458. The van der Waals surface area contributed by atoms with Crippen LogP contribution in [0.5, 0.6) is 0 Å². The van der Waals surface area contributed by atoms with Crippen molar-refractivity contribution in [2.75, 3.05) is 0 Å². The summed E-state index contributed by atoms with van der Waals surface area (Å²) >= 11 is 29.5. The van der Waals surface area contributed by atoms with Crippen LogP contribution in [0.3, 0.4) is 0 Å². The molecule has 366 valence electrons. The summed E-state index contributed by atoms with van der Waals surface area (Å²) in [4.78, 5) is 0. The molecule has 6 aromatic carbocycles. The molecule has 0 fully saturated rings. The monoisotopic (exact) mass is 1010 g/mol. The number of benzene rings is 6. The van der Waals surface area contributed by atoms with Gasteiger partial charge in [-0.3, -0.25) is 0 Å². The SMILES string of the molecule is CC(C)(C)c1ccc(Cl)cc1Cl.CC(C)c1c(F)cccc1F.CC(C)c1ccc(Cl)cc1Cl.Cc1cccc(C)c1C(C)C.Cc1cccc(Cl)c1C(C)C.Cc1cccc(F)c1C(C)C. The van der Waals surface area contributed by atoms with Crippen LogP contribution in [-0.4, -0.2) is 0 Å². The smallest absolute Gasteiger partial charge is 0.129 e. The quantitative estimate of drug-likeness (QED) is 0.161. The van der Waals surface area contributed by atoms with E-state index < -0.39 is 11.6 Å². The maximum Gasteiger partial charge on any atom is 0.129 e. The summed E-state index contributed by atoms with van der Waals surface area (Å²) in [5.74, 6) is 0.798. The van der Waals surface area contributed by atoms with Crippen LogP contribution in [0.15, 0.2) is 109 Å². The van der Waals surface area contributed by atoms with Crippen LogP contribution in [0.2, 0.25) is 25.1 Å². The molecule has 6 rings (SSSR count). The highest BCUT2D eigenvalue weighted by molar-refractivity contribution is 6.35. The molecule has 0 amide bonds. The van der Waals surface area contributed by atoms with Gasteiger partial charge in [-0.15, -0.1) is 0 Å². The van der Waals surface area contributed by atoms with E-state index >= 15 is 0 Å². The minimum Gasteiger partial charge on any atom is -0.207 e. The fourth-order valence-corrected chi connectivity index (χ4v) is 9.38. The summed E-state index contributed by atoms with van der Waals surface area (Å²) < 4.78 is 38.8. The van der Waals surface area contributed by atoms with Crippen molar-refractivity contribution in [2.24, 2.45) is 0 Å². The summed E-state index contributed by atoms with van der Waals surface area (Å²) in [5.41, 5.74) is 11.3. The summed E-state index contributed by atoms with van der Waals surface area (Å²) in [6.45, 7) is 35.4. The molecule has 6 aromatic rings. The van der Waals surface area contributed by atoms with E-state index in [0.717, 1.165) is 37.3 Å². The molecule has 0 atom stereocenters. The van der Waals surface area contributed by atoms with Crippen molar-refractivity contribution in [1.29, 1.82) is 0 Å². The predicted molar refractivity (Wildman–Crippen MR) is 292 cm³/mol. The van der Waals surface area contributed by atoms with Gasteiger partial charge in [0.15, 0.2) is 0 Å². The van der Waals surface area contributed by atoms with Crippen molar-refractivity contribution >= 4 is 58.0 Å². The Labute approximate surface area is 428 Å². The van der Waals surface area contributed by atoms with Crippen LogP contribution in [0.1, 0.15) is 175 Å². The Morgan fingerprint density at radius 1 is 0.358 bits per heavy atom. The fraction of sp³-hybridized carbons (Fsp3) is 0.390. The van der Waals surface area contributed by atoms with Crippen LogP contribution >= 0.6 is 58.0 Å². The van der Waals surface area contributed by atoms with E-state index in [0.29, 0.717) is 27.8 Å². The second kappa shape index (κ2) is 29.6. The highest BCUT2D eigenvalue weighted by atomic mass is 35.5. The zero-order chi connectivity index (χ0) is 51.5. The molecule has 0 bridgehead atoms. The molecule has 8 heteroatoms. The number of aryl methyl sites for hydroxylation is 4. The summed E-state index contributed by atoms with van der Waals surface area (Å²) in [7, 11) is 0. The van der Waals surface area contributed by atoms with E-state index in [1.807, 2.05) is 63.2 Å². The third-order valence-corrected chi connectivity index (χ3v) is 12.2. The molecule has 0 aliphatic rings. The molecule has 0 aliphatic heterocycles. The van der Waals surface area contributed by atoms with Gasteiger partial charge in [0.05, 0.1) is 0 Å². The molecule has 0 aromatic heterocycles. The van der Waals surface area contributed by atoms with Gasteiger partial charge in [-0.05, 0) is 161 Å². The first kappa shape index (κ1) is 61.6. The van der Waals surface area contributed by atoms with E-state index in [1.54, 1.807) is 32.0 Å². The van der Waals surface area contributed by atoms with Crippen LogP contribution in [0.25, 0.3) is 0 Å². The Bertz CT molecular complexity index is 2120. The number of hydrogen-bond acceptors (Lipinski definition) is 0. The van der Waals surface area contributed by atoms with Crippen molar-refractivity contribution in [3.05, 3.63) is 207 Å². The molecule has 0 spiro atoms. The lowest BCUT2D eigenvalue weighted by atomic mass is 9.87. The second-order valence-electron chi connectivity index (χ2n) is 19.2. The molecule has 0 nitrogen and oxygen atoms in total. The van der Waals surface area contributed by atoms with Gasteiger partial charge in [0.2, 0.25) is 0 Å². The molecular weight excluding hydrogens is 943 g/mol. The summed E-state index contributed by atoms with van der Waals surface area (Å²) in [5, 5.41) is 3.77. The molecule has 0 aliphatic carbocycles. The molecule has 67 heavy (non-hydrogen) atoms. The largest absolute Gasteiger partial charge is 0.207 e. The van der Waals surface area contributed by atoms with Crippen molar-refractivity contribution in [3.8, 4) is 0 Å². The second-order valence-corrected chi connectivity index (χ2v) is 21.3. The zero-order valence-corrected chi connectivity index (χ0v) is 46.6. The van der Waals surface area contributed by atoms with Gasteiger partial charge in [-0.2, -0.15) is 0 Å². The Morgan fingerprint density at radius 3 is 1.00 bits per heavy atom. The average Bonchev–Trinajstić information content (AvgIpc) is 3.18. The average molecular weight is 1020 g/mol. The van der Waals surface area contributed by atoms with Gasteiger partial charge in [0.25, 0.3) is 0 Å². The van der Waals surface area contributed by atoms with Gasteiger partial charge >= 0.3 is 0 Å². The third kappa shape index (κ3) is 21.0. The number of hydrogen-bond donors (Lipinski definition) is 0. The lowest BCUT2D eigenvalue weighted by molar-refractivity contribution is 0.542. The fourth-order valence-electron chi connectivity index (χ4n) is 7.62. The van der Waals surface area contributed by atoms with Crippen LogP contribution in [0, 0.1) is 45.1 Å². The first-order valence-electron chi connectivity index (χ1n) is 22.9. The first-order valence-corrected chi connectivity index (χ1v) is 24.8. The molecule has 0 heterocycles. The van der Waals surface area contributed by atoms with Gasteiger partial charge in [-0.1, -0.05) is 209 Å². The Balaban J connectivity index is 0.000000402. The van der Waals surface area contributed by atoms with Gasteiger partial charge in [0, 0.05) is 30.7 Å². The van der Waals surface area contributed by atoms with Gasteiger partial charge in [-0.25, -0.2) is 13.2 Å². The molecule has 0 N–H and O–H groups in total. The number of halogens is 8. The minimum absolute atomic E-state index is 0.0833. The standard InChI is InChI=1S/C11H16.C10H12Cl2.C10H13Cl.C10H13F.C9H10Cl2.C9H10F2/c1-8(2)11-9(3)6-5-7-10(11)4;1-10(2,3)8-5-4-7(11)6-9(8)12;2*1-7(2)10-8(3)5-4-6-9(10)11;1-6(2)8-4-3-7(10)5-9(8)11;1-6(2)9-7(10)4-3-5-8(9)11/h5-8H,1-4H3;4-6H,1-3H3;2*4-7H,1-3H3;2*3-6H,1-2H3. The van der Waals surface area contributed by atoms with E-state index in [1.165, 1.54) is 52.1 Å². The van der Waals surface area contributed by atoms with E-state index in [2.05, 4.69) is 107 Å². The predicted octanol–water partition coefficient (Wildman–Crippen LogP) is 22.0. The molecular formula is C59H74Cl5F3. The lowest BCUT2D eigenvalue weighted by Gasteiger charge is -2.20. The van der Waals surface area contributed by atoms with Crippen molar-refractivity contribution in [1.82, 2.24) is 0 Å². The van der Waals surface area contributed by atoms with Crippen molar-refractivity contribution < 1.29 is 13.2 Å². The summed E-state index contributed by atoms with van der Waals surface area (Å²) in [6.07, 6.45) is 0. The van der Waals surface area contributed by atoms with E-state index in [-0.39, 0.29) is 28.6 Å². The first-order chi connectivity index (χ1) is 31.0. The van der Waals surface area contributed by atoms with E-state index in [4.69, 9.17) is 58.0 Å². The summed E-state index contributed by atoms with van der Waals surface area (Å²) in [6, 6.07) is 32.9. The normalized spacial score (nSPS) is 10.8. The van der Waals surface area contributed by atoms with Crippen LogP contribution in [0.4, 0.5) is 13.2 Å². The zero-order valence-electron chi connectivity index (χ0n) is 42.8. The molecule has 0 saturated heterocycles. The number of rotatable bonds is 5. The van der Waals surface area contributed by atoms with Gasteiger partial charge in [0.1, 0.15) is 17.5 Å². The molecule has 0 saturated carbocycles. The molecule has 0 unspecified atom stereocenters. The maximum absolute atomic E-state index is 13.1. The Morgan fingerprint density at radius 2 is 0.701 bits per heavy atom. The highest BCUT2D eigenvalue weighted by Gasteiger charge is 2.17. The third-order valence-electron chi connectivity index (χ3n) is 10.7. The topological polar surface area (TPSA) is 0 Å². The Hall–Kier alpha value is -3.44. The van der Waals surface area contributed by atoms with Crippen LogP contribution in [-0.2, 0) is 5.41 Å². The molecule has 0 radical (unpaired) electrons. The van der Waals surface area contributed by atoms with Crippen molar-refractivity contribution in [3.63, 3.8) is 0 Å². The Kier molecular flexibility index (Phi) is 27.2. The van der Waals surface area contributed by atoms with Crippen molar-refractivity contribution in [2.45, 2.75) is 153 Å². The van der Waals surface area contributed by atoms with Gasteiger partial charge < -0.3 is 0 Å². The van der Waals surface area contributed by atoms with Crippen LogP contribution < -0.4 is 0 Å². The maximum atomic E-state index is 13.1.